The molecule has 0 spiro atoms. The van der Waals surface area contributed by atoms with Crippen molar-refractivity contribution in [1.29, 1.82) is 0 Å². The van der Waals surface area contributed by atoms with Gasteiger partial charge in [-0.3, -0.25) is 9.59 Å². The molecule has 37 heavy (non-hydrogen) atoms. The Morgan fingerprint density at radius 1 is 1.27 bits per heavy atom. The van der Waals surface area contributed by atoms with Crippen molar-refractivity contribution in [2.24, 2.45) is 5.92 Å². The first-order valence-electron chi connectivity index (χ1n) is 11.8. The monoisotopic (exact) mass is 530 g/mol. The molecule has 1 saturated heterocycles. The van der Waals surface area contributed by atoms with Crippen molar-refractivity contribution in [2.45, 2.75) is 43.4 Å². The fourth-order valence-electron chi connectivity index (χ4n) is 5.11. The number of rotatable bonds is 8. The predicted octanol–water partition coefficient (Wildman–Crippen LogP) is 0.238. The van der Waals surface area contributed by atoms with Crippen LogP contribution in [0.15, 0.2) is 23.8 Å². The molecular formula is C24H29F3N2O8. The lowest BCUT2D eigenvalue weighted by atomic mass is 9.77. The molecule has 4 rings (SSSR count). The van der Waals surface area contributed by atoms with Gasteiger partial charge in [-0.05, 0) is 30.2 Å². The summed E-state index contributed by atoms with van der Waals surface area (Å²) in [4.78, 5) is 26.9. The average molecular weight is 530 g/mol. The van der Waals surface area contributed by atoms with Gasteiger partial charge in [0, 0.05) is 24.3 Å². The van der Waals surface area contributed by atoms with Gasteiger partial charge in [0.05, 0.1) is 44.8 Å². The molecule has 1 unspecified atom stereocenters. The molecule has 1 aliphatic carbocycles. The molecule has 0 aromatic heterocycles. The summed E-state index contributed by atoms with van der Waals surface area (Å²) in [5.41, 5.74) is 0.795. The standard InChI is InChI=1S/C24H29F3N2O8/c1-35-17-7-12(9-31)6-14-18-15(22(33)28-3-4-30)8-16(19(32)21(18)37-20(14)17)29(11-24(25,26)27)23(34)13-2-5-36-10-13/h6-8,13,16,18-19,21,30-32H,2-5,9-11H2,1H3,(H,28,33)/t13?,16-,18+,19+,21+/m1/s1. The second-order valence-electron chi connectivity index (χ2n) is 9.16. The number of amides is 2. The van der Waals surface area contributed by atoms with Crippen LogP contribution in [0.3, 0.4) is 0 Å². The molecule has 0 radical (unpaired) electrons. The van der Waals surface area contributed by atoms with Crippen LogP contribution < -0.4 is 14.8 Å². The zero-order valence-corrected chi connectivity index (χ0v) is 20.0. The zero-order valence-electron chi connectivity index (χ0n) is 20.0. The number of ether oxygens (including phenoxy) is 3. The van der Waals surface area contributed by atoms with Gasteiger partial charge < -0.3 is 39.7 Å². The first-order valence-corrected chi connectivity index (χ1v) is 11.8. The molecule has 5 atom stereocenters. The highest BCUT2D eigenvalue weighted by Crippen LogP contribution is 2.51. The van der Waals surface area contributed by atoms with E-state index in [4.69, 9.17) is 19.3 Å². The molecule has 0 bridgehead atoms. The maximum atomic E-state index is 13.6. The number of methoxy groups -OCH3 is 1. The van der Waals surface area contributed by atoms with Gasteiger partial charge in [-0.15, -0.1) is 0 Å². The second kappa shape index (κ2) is 10.9. The predicted molar refractivity (Wildman–Crippen MR) is 121 cm³/mol. The van der Waals surface area contributed by atoms with Crippen LogP contribution in [0, 0.1) is 5.92 Å². The minimum Gasteiger partial charge on any atom is -0.493 e. The number of fused-ring (bicyclic) bond motifs is 3. The molecule has 2 amide bonds. The minimum atomic E-state index is -4.78. The van der Waals surface area contributed by atoms with Crippen molar-refractivity contribution in [1.82, 2.24) is 10.2 Å². The number of halogens is 3. The van der Waals surface area contributed by atoms with E-state index in [2.05, 4.69) is 5.32 Å². The Balaban J connectivity index is 1.81. The van der Waals surface area contributed by atoms with Gasteiger partial charge in [0.2, 0.25) is 11.8 Å². The zero-order chi connectivity index (χ0) is 26.9. The Morgan fingerprint density at radius 2 is 2.03 bits per heavy atom. The van der Waals surface area contributed by atoms with Gasteiger partial charge >= 0.3 is 6.18 Å². The summed E-state index contributed by atoms with van der Waals surface area (Å²) in [5.74, 6) is -2.91. The summed E-state index contributed by atoms with van der Waals surface area (Å²) >= 11 is 0. The Morgan fingerprint density at radius 3 is 2.62 bits per heavy atom. The SMILES string of the molecule is COc1cc(CO)cc2c1O[C@@H]1[C@@H](O)[C@H](N(CC(F)(F)F)C(=O)C3CCOC3)C=C(C(=O)NCCO)[C@H]21. The van der Waals surface area contributed by atoms with E-state index in [1.807, 2.05) is 0 Å². The third-order valence-corrected chi connectivity index (χ3v) is 6.77. The number of carbonyl (C=O) groups excluding carboxylic acids is 2. The fourth-order valence-corrected chi connectivity index (χ4v) is 5.11. The van der Waals surface area contributed by atoms with Crippen molar-refractivity contribution in [3.8, 4) is 11.5 Å². The van der Waals surface area contributed by atoms with Gasteiger partial charge in [-0.1, -0.05) is 0 Å². The molecule has 10 nitrogen and oxygen atoms in total. The van der Waals surface area contributed by atoms with E-state index < -0.39 is 54.6 Å². The van der Waals surface area contributed by atoms with Gasteiger partial charge in [-0.25, -0.2) is 0 Å². The van der Waals surface area contributed by atoms with Gasteiger partial charge in [0.15, 0.2) is 11.5 Å². The average Bonchev–Trinajstić information content (AvgIpc) is 3.53. The highest BCUT2D eigenvalue weighted by molar-refractivity contribution is 5.96. The van der Waals surface area contributed by atoms with E-state index in [0.29, 0.717) is 16.0 Å². The van der Waals surface area contributed by atoms with Crippen LogP contribution in [0.5, 0.6) is 11.5 Å². The minimum absolute atomic E-state index is 0.0349. The number of aliphatic hydroxyl groups excluding tert-OH is 3. The Hall–Kier alpha value is -2.87. The first kappa shape index (κ1) is 27.2. The summed E-state index contributed by atoms with van der Waals surface area (Å²) < 4.78 is 57.4. The highest BCUT2D eigenvalue weighted by atomic mass is 19.4. The van der Waals surface area contributed by atoms with Crippen molar-refractivity contribution in [2.75, 3.05) is 40.0 Å². The highest BCUT2D eigenvalue weighted by Gasteiger charge is 2.53. The number of nitrogens with zero attached hydrogens (tertiary/aromatic N) is 1. The fraction of sp³-hybridized carbons (Fsp3) is 0.583. The van der Waals surface area contributed by atoms with E-state index in [1.54, 1.807) is 6.07 Å². The van der Waals surface area contributed by atoms with E-state index in [-0.39, 0.29) is 56.5 Å². The van der Waals surface area contributed by atoms with E-state index in [0.717, 1.165) is 6.08 Å². The van der Waals surface area contributed by atoms with Crippen LogP contribution in [0.25, 0.3) is 0 Å². The van der Waals surface area contributed by atoms with E-state index in [1.165, 1.54) is 13.2 Å². The molecule has 4 N–H and O–H groups in total. The Bertz CT molecular complexity index is 1060. The van der Waals surface area contributed by atoms with Gasteiger partial charge in [-0.2, -0.15) is 13.2 Å². The summed E-state index contributed by atoms with van der Waals surface area (Å²) in [6.07, 6.45) is -6.25. The Kier molecular flexibility index (Phi) is 7.97. The maximum Gasteiger partial charge on any atom is 0.406 e. The quantitative estimate of drug-likeness (QED) is 0.375. The van der Waals surface area contributed by atoms with Crippen LogP contribution in [-0.4, -0.2) is 96.5 Å². The summed E-state index contributed by atoms with van der Waals surface area (Å²) in [6.45, 7) is -2.33. The molecule has 2 heterocycles. The van der Waals surface area contributed by atoms with Crippen molar-refractivity contribution in [3.05, 3.63) is 34.9 Å². The molecule has 1 aromatic rings. The lowest BCUT2D eigenvalue weighted by molar-refractivity contribution is -0.172. The smallest absolute Gasteiger partial charge is 0.406 e. The molecule has 3 aliphatic rings. The molecule has 13 heteroatoms. The van der Waals surface area contributed by atoms with Crippen molar-refractivity contribution in [3.63, 3.8) is 0 Å². The maximum absolute atomic E-state index is 13.6. The number of hydrogen-bond donors (Lipinski definition) is 4. The van der Waals surface area contributed by atoms with E-state index in [9.17, 15) is 33.0 Å². The van der Waals surface area contributed by atoms with Gasteiger partial charge in [0.1, 0.15) is 18.8 Å². The summed E-state index contributed by atoms with van der Waals surface area (Å²) in [5, 5.41) is 32.7. The topological polar surface area (TPSA) is 138 Å². The molecule has 1 aromatic carbocycles. The van der Waals surface area contributed by atoms with Crippen molar-refractivity contribution < 1.29 is 52.3 Å². The lowest BCUT2D eigenvalue weighted by Gasteiger charge is -2.41. The number of carbonyl (C=O) groups is 2. The molecule has 0 saturated carbocycles. The van der Waals surface area contributed by atoms with Crippen LogP contribution in [0.2, 0.25) is 0 Å². The largest absolute Gasteiger partial charge is 0.493 e. The number of alkyl halides is 3. The number of hydrogen-bond acceptors (Lipinski definition) is 8. The number of benzene rings is 1. The Labute approximate surface area is 210 Å². The van der Waals surface area contributed by atoms with E-state index >= 15 is 0 Å². The van der Waals surface area contributed by atoms with Gasteiger partial charge in [0.25, 0.3) is 0 Å². The molecule has 1 fully saturated rings. The van der Waals surface area contributed by atoms with Crippen molar-refractivity contribution >= 4 is 11.8 Å². The van der Waals surface area contributed by atoms with Crippen LogP contribution in [-0.2, 0) is 20.9 Å². The third kappa shape index (κ3) is 5.40. The number of nitrogens with one attached hydrogen (secondary N) is 1. The molecular weight excluding hydrogens is 501 g/mol. The first-order chi connectivity index (χ1) is 17.6. The molecule has 2 aliphatic heterocycles. The summed E-state index contributed by atoms with van der Waals surface area (Å²) in [6, 6.07) is 1.54. The normalized spacial score (nSPS) is 26.6. The third-order valence-electron chi connectivity index (χ3n) is 6.77. The lowest BCUT2D eigenvalue weighted by Crippen LogP contribution is -2.58. The molecule has 204 valence electrons. The second-order valence-corrected chi connectivity index (χ2v) is 9.16. The van der Waals surface area contributed by atoms with Crippen LogP contribution >= 0.6 is 0 Å². The number of aliphatic hydroxyl groups is 3. The summed E-state index contributed by atoms with van der Waals surface area (Å²) in [7, 11) is 1.36. The van der Waals surface area contributed by atoms with Crippen LogP contribution in [0.4, 0.5) is 13.2 Å². The van der Waals surface area contributed by atoms with Crippen LogP contribution in [0.1, 0.15) is 23.5 Å².